The van der Waals surface area contributed by atoms with Crippen molar-refractivity contribution in [2.45, 2.75) is 25.4 Å². The van der Waals surface area contributed by atoms with Crippen molar-refractivity contribution in [1.82, 2.24) is 4.98 Å². The summed E-state index contributed by atoms with van der Waals surface area (Å²) in [6.45, 7) is 3.43. The molecule has 0 saturated carbocycles. The highest BCUT2D eigenvalue weighted by molar-refractivity contribution is 5.95. The molecule has 6 nitrogen and oxygen atoms in total. The molecule has 4 N–H and O–H groups in total. The Hall–Kier alpha value is -1.82. The summed E-state index contributed by atoms with van der Waals surface area (Å²) in [5.74, 6) is 0.000793. The third-order valence-electron chi connectivity index (χ3n) is 3.32. The largest absolute Gasteiger partial charge is 0.409 e. The molecule has 0 amide bonds. The summed E-state index contributed by atoms with van der Waals surface area (Å²) >= 11 is 0. The van der Waals surface area contributed by atoms with E-state index in [0.29, 0.717) is 5.69 Å². The first-order valence-corrected chi connectivity index (χ1v) is 5.93. The zero-order valence-corrected chi connectivity index (χ0v) is 10.4. The number of piperidine rings is 1. The third kappa shape index (κ3) is 2.70. The molecule has 0 bridgehead atoms. The standard InChI is InChI=1S/C12H18N4O2/c1-12(17)3-6-16(7-4-12)9-2-5-14-10(8-9)11(13)15-18/h2,5,8,17-18H,3-4,6-7H2,1H3,(H2,13,15). The van der Waals surface area contributed by atoms with Gasteiger partial charge in [0.1, 0.15) is 5.69 Å². The molecule has 1 aliphatic heterocycles. The highest BCUT2D eigenvalue weighted by atomic mass is 16.4. The van der Waals surface area contributed by atoms with Gasteiger partial charge in [-0.25, -0.2) is 0 Å². The lowest BCUT2D eigenvalue weighted by Gasteiger charge is -2.37. The van der Waals surface area contributed by atoms with Gasteiger partial charge in [0.2, 0.25) is 0 Å². The molecule has 1 aromatic heterocycles. The SMILES string of the molecule is CC1(O)CCN(c2ccnc(/C(N)=N/O)c2)CC1. The topological polar surface area (TPSA) is 95.0 Å². The van der Waals surface area contributed by atoms with Gasteiger partial charge in [-0.15, -0.1) is 0 Å². The maximum absolute atomic E-state index is 9.91. The summed E-state index contributed by atoms with van der Waals surface area (Å²) in [6, 6.07) is 3.67. The molecule has 18 heavy (non-hydrogen) atoms. The lowest BCUT2D eigenvalue weighted by atomic mass is 9.93. The van der Waals surface area contributed by atoms with Gasteiger partial charge >= 0.3 is 0 Å². The van der Waals surface area contributed by atoms with Crippen molar-refractivity contribution in [3.8, 4) is 0 Å². The predicted molar refractivity (Wildman–Crippen MR) is 68.8 cm³/mol. The van der Waals surface area contributed by atoms with Gasteiger partial charge < -0.3 is 20.9 Å². The third-order valence-corrected chi connectivity index (χ3v) is 3.32. The van der Waals surface area contributed by atoms with Crippen LogP contribution < -0.4 is 10.6 Å². The van der Waals surface area contributed by atoms with Gasteiger partial charge in [-0.2, -0.15) is 0 Å². The number of oxime groups is 1. The van der Waals surface area contributed by atoms with Crippen molar-refractivity contribution in [3.63, 3.8) is 0 Å². The van der Waals surface area contributed by atoms with Gasteiger partial charge in [0.25, 0.3) is 0 Å². The minimum Gasteiger partial charge on any atom is -0.409 e. The maximum atomic E-state index is 9.91. The fraction of sp³-hybridized carbons (Fsp3) is 0.500. The fourth-order valence-corrected chi connectivity index (χ4v) is 2.05. The van der Waals surface area contributed by atoms with Gasteiger partial charge in [-0.05, 0) is 31.9 Å². The average molecular weight is 250 g/mol. The minimum absolute atomic E-state index is 0.000793. The molecule has 0 aromatic carbocycles. The Kier molecular flexibility index (Phi) is 3.38. The van der Waals surface area contributed by atoms with Crippen LogP contribution in [0.4, 0.5) is 5.69 Å². The maximum Gasteiger partial charge on any atom is 0.188 e. The molecule has 0 atom stereocenters. The number of anilines is 1. The minimum atomic E-state index is -0.571. The van der Waals surface area contributed by atoms with E-state index in [0.717, 1.165) is 31.6 Å². The molecule has 2 heterocycles. The van der Waals surface area contributed by atoms with Gasteiger partial charge in [-0.3, -0.25) is 4.98 Å². The van der Waals surface area contributed by atoms with Crippen LogP contribution in [0, 0.1) is 0 Å². The molecule has 2 rings (SSSR count). The number of hydrogen-bond donors (Lipinski definition) is 3. The molecule has 98 valence electrons. The Morgan fingerprint density at radius 3 is 2.78 bits per heavy atom. The number of pyridine rings is 1. The van der Waals surface area contributed by atoms with Gasteiger partial charge in [0.05, 0.1) is 5.60 Å². The zero-order valence-electron chi connectivity index (χ0n) is 10.4. The van der Waals surface area contributed by atoms with Crippen LogP contribution in [0.25, 0.3) is 0 Å². The number of hydrogen-bond acceptors (Lipinski definition) is 5. The number of amidine groups is 1. The van der Waals surface area contributed by atoms with Crippen molar-refractivity contribution < 1.29 is 10.3 Å². The molecular formula is C12H18N4O2. The van der Waals surface area contributed by atoms with Crippen LogP contribution in [-0.2, 0) is 0 Å². The van der Waals surface area contributed by atoms with E-state index in [1.54, 1.807) is 12.3 Å². The lowest BCUT2D eigenvalue weighted by Crippen LogP contribution is -2.42. The second-order valence-corrected chi connectivity index (χ2v) is 4.87. The molecule has 0 spiro atoms. The number of aliphatic hydroxyl groups is 1. The van der Waals surface area contributed by atoms with E-state index in [9.17, 15) is 5.11 Å². The Balaban J connectivity index is 2.15. The van der Waals surface area contributed by atoms with Crippen LogP contribution >= 0.6 is 0 Å². The highest BCUT2D eigenvalue weighted by Gasteiger charge is 2.27. The van der Waals surface area contributed by atoms with Crippen LogP contribution in [-0.4, -0.2) is 39.8 Å². The predicted octanol–water partition coefficient (Wildman–Crippen LogP) is 0.527. The average Bonchev–Trinajstić information content (AvgIpc) is 2.38. The smallest absolute Gasteiger partial charge is 0.188 e. The normalized spacial score (nSPS) is 19.9. The summed E-state index contributed by atoms with van der Waals surface area (Å²) in [7, 11) is 0. The van der Waals surface area contributed by atoms with Gasteiger partial charge in [0.15, 0.2) is 5.84 Å². The molecule has 1 aromatic rings. The number of nitrogens with two attached hydrogens (primary N) is 1. The van der Waals surface area contributed by atoms with Crippen LogP contribution in [0.1, 0.15) is 25.5 Å². The quantitative estimate of drug-likeness (QED) is 0.308. The number of nitrogens with zero attached hydrogens (tertiary/aromatic N) is 3. The summed E-state index contributed by atoms with van der Waals surface area (Å²) in [4.78, 5) is 6.20. The van der Waals surface area contributed by atoms with E-state index >= 15 is 0 Å². The van der Waals surface area contributed by atoms with Crippen LogP contribution in [0.15, 0.2) is 23.5 Å². The Labute approximate surface area is 106 Å². The van der Waals surface area contributed by atoms with E-state index in [-0.39, 0.29) is 5.84 Å². The molecular weight excluding hydrogens is 232 g/mol. The first-order valence-electron chi connectivity index (χ1n) is 5.93. The molecule has 1 saturated heterocycles. The van der Waals surface area contributed by atoms with Crippen LogP contribution in [0.3, 0.4) is 0 Å². The molecule has 1 aliphatic rings. The van der Waals surface area contributed by atoms with E-state index in [1.807, 2.05) is 13.0 Å². The van der Waals surface area contributed by atoms with Crippen molar-refractivity contribution in [2.75, 3.05) is 18.0 Å². The van der Waals surface area contributed by atoms with Crippen molar-refractivity contribution in [2.24, 2.45) is 10.9 Å². The Bertz CT molecular complexity index is 449. The van der Waals surface area contributed by atoms with Crippen molar-refractivity contribution in [3.05, 3.63) is 24.0 Å². The number of rotatable bonds is 2. The second-order valence-electron chi connectivity index (χ2n) is 4.87. The van der Waals surface area contributed by atoms with E-state index < -0.39 is 5.60 Å². The van der Waals surface area contributed by atoms with E-state index in [4.69, 9.17) is 10.9 Å². The van der Waals surface area contributed by atoms with Gasteiger partial charge in [-0.1, -0.05) is 5.16 Å². The Morgan fingerprint density at radius 2 is 2.17 bits per heavy atom. The molecule has 0 unspecified atom stereocenters. The zero-order chi connectivity index (χ0) is 13.2. The lowest BCUT2D eigenvalue weighted by molar-refractivity contribution is 0.0351. The van der Waals surface area contributed by atoms with Crippen molar-refractivity contribution in [1.29, 1.82) is 0 Å². The van der Waals surface area contributed by atoms with Crippen molar-refractivity contribution >= 4 is 11.5 Å². The fourth-order valence-electron chi connectivity index (χ4n) is 2.05. The summed E-state index contributed by atoms with van der Waals surface area (Å²) in [5.41, 5.74) is 6.37. The summed E-state index contributed by atoms with van der Waals surface area (Å²) in [5, 5.41) is 21.5. The number of aromatic nitrogens is 1. The molecule has 0 aliphatic carbocycles. The summed E-state index contributed by atoms with van der Waals surface area (Å²) < 4.78 is 0. The second kappa shape index (κ2) is 4.81. The monoisotopic (exact) mass is 250 g/mol. The van der Waals surface area contributed by atoms with Gasteiger partial charge in [0, 0.05) is 25.0 Å². The highest BCUT2D eigenvalue weighted by Crippen LogP contribution is 2.25. The van der Waals surface area contributed by atoms with E-state index in [2.05, 4.69) is 15.0 Å². The Morgan fingerprint density at radius 1 is 1.50 bits per heavy atom. The summed E-state index contributed by atoms with van der Waals surface area (Å²) in [6.07, 6.45) is 3.10. The molecule has 1 fully saturated rings. The molecule has 6 heteroatoms. The van der Waals surface area contributed by atoms with E-state index in [1.165, 1.54) is 0 Å². The van der Waals surface area contributed by atoms with Crippen LogP contribution in [0.5, 0.6) is 0 Å². The molecule has 0 radical (unpaired) electrons. The first-order chi connectivity index (χ1) is 8.52. The van der Waals surface area contributed by atoms with Crippen LogP contribution in [0.2, 0.25) is 0 Å². The first kappa shape index (κ1) is 12.6.